The largest absolute Gasteiger partial charge is 0.496 e. The average Bonchev–Trinajstić information content (AvgIpc) is 3.19. The number of rotatable bonds is 5. The second-order valence-corrected chi connectivity index (χ2v) is 8.39. The molecule has 1 amide bonds. The lowest BCUT2D eigenvalue weighted by Gasteiger charge is -2.08. The smallest absolute Gasteiger partial charge is 0.255 e. The van der Waals surface area contributed by atoms with Crippen LogP contribution in [0.4, 0.5) is 5.69 Å². The molecular weight excluding hydrogens is 512 g/mol. The van der Waals surface area contributed by atoms with Crippen molar-refractivity contribution in [3.8, 4) is 17.2 Å². The first kappa shape index (κ1) is 20.6. The number of hydrogen-bond acceptors (Lipinski definition) is 4. The summed E-state index contributed by atoms with van der Waals surface area (Å²) >= 11 is 6.96. The van der Waals surface area contributed by atoms with Crippen LogP contribution in [0.3, 0.4) is 0 Å². The van der Waals surface area contributed by atoms with Crippen LogP contribution in [-0.2, 0) is 6.42 Å². The van der Waals surface area contributed by atoms with Gasteiger partial charge in [-0.1, -0.05) is 6.92 Å². The van der Waals surface area contributed by atoms with E-state index >= 15 is 0 Å². The van der Waals surface area contributed by atoms with Gasteiger partial charge in [-0.2, -0.15) is 0 Å². The molecule has 7 heteroatoms. The fraction of sp³-hybridized carbons (Fsp3) is 0.130. The second-order valence-electron chi connectivity index (χ2n) is 6.68. The van der Waals surface area contributed by atoms with E-state index in [1.54, 1.807) is 25.3 Å². The van der Waals surface area contributed by atoms with Crippen LogP contribution in [0.2, 0.25) is 0 Å². The van der Waals surface area contributed by atoms with Crippen molar-refractivity contribution in [3.05, 3.63) is 74.7 Å². The summed E-state index contributed by atoms with van der Waals surface area (Å²) in [6, 6.07) is 16.7. The molecule has 0 atom stereocenters. The third-order valence-corrected chi connectivity index (χ3v) is 5.93. The van der Waals surface area contributed by atoms with Crippen molar-refractivity contribution in [2.45, 2.75) is 13.3 Å². The molecule has 0 radical (unpaired) electrons. The number of carbonyl (C=O) groups excluding carboxylic acids is 1. The molecule has 0 aliphatic rings. The Balaban J connectivity index is 1.54. The zero-order valence-electron chi connectivity index (χ0n) is 16.3. The number of fused-ring (bicyclic) bond motifs is 1. The fourth-order valence-corrected chi connectivity index (χ4v) is 4.20. The van der Waals surface area contributed by atoms with E-state index in [0.29, 0.717) is 22.9 Å². The van der Waals surface area contributed by atoms with Crippen LogP contribution in [0.1, 0.15) is 22.8 Å². The number of benzene rings is 3. The lowest BCUT2D eigenvalue weighted by Crippen LogP contribution is -2.11. The van der Waals surface area contributed by atoms with Crippen LogP contribution < -0.4 is 10.1 Å². The molecular formula is C23H18Br2N2O3. The highest BCUT2D eigenvalue weighted by Gasteiger charge is 2.13. The van der Waals surface area contributed by atoms with Crippen molar-refractivity contribution >= 4 is 54.6 Å². The lowest BCUT2D eigenvalue weighted by atomic mass is 10.1. The summed E-state index contributed by atoms with van der Waals surface area (Å²) in [5, 5.41) is 2.89. The van der Waals surface area contributed by atoms with Gasteiger partial charge < -0.3 is 14.5 Å². The highest BCUT2D eigenvalue weighted by atomic mass is 79.9. The van der Waals surface area contributed by atoms with Crippen LogP contribution in [0.5, 0.6) is 5.75 Å². The van der Waals surface area contributed by atoms with Crippen molar-refractivity contribution in [1.29, 1.82) is 0 Å². The standard InChI is InChI=1S/C23H18Br2N2O3/c1-3-13-10-18(25)21-19(11-13)27-23(30-21)14-4-7-16(8-5-14)26-22(28)15-6-9-20(29-2)17(24)12-15/h4-12H,3H2,1-2H3,(H,26,28). The number of oxazole rings is 1. The van der Waals surface area contributed by atoms with Gasteiger partial charge in [-0.15, -0.1) is 0 Å². The number of hydrogen-bond donors (Lipinski definition) is 1. The van der Waals surface area contributed by atoms with Gasteiger partial charge in [0.05, 0.1) is 16.1 Å². The van der Waals surface area contributed by atoms with E-state index in [4.69, 9.17) is 9.15 Å². The van der Waals surface area contributed by atoms with Gasteiger partial charge in [-0.05, 0) is 98.4 Å². The molecule has 3 aromatic carbocycles. The van der Waals surface area contributed by atoms with Gasteiger partial charge in [0.2, 0.25) is 5.89 Å². The van der Waals surface area contributed by atoms with E-state index in [2.05, 4.69) is 49.1 Å². The Morgan fingerprint density at radius 1 is 1.07 bits per heavy atom. The highest BCUT2D eigenvalue weighted by molar-refractivity contribution is 9.11. The molecule has 1 heterocycles. The number of anilines is 1. The minimum Gasteiger partial charge on any atom is -0.496 e. The minimum atomic E-state index is -0.205. The van der Waals surface area contributed by atoms with Gasteiger partial charge in [0.15, 0.2) is 5.58 Å². The van der Waals surface area contributed by atoms with Crippen LogP contribution >= 0.6 is 31.9 Å². The summed E-state index contributed by atoms with van der Waals surface area (Å²) < 4.78 is 12.8. The molecule has 30 heavy (non-hydrogen) atoms. The first-order valence-electron chi connectivity index (χ1n) is 9.32. The molecule has 1 aromatic heterocycles. The van der Waals surface area contributed by atoms with Gasteiger partial charge in [0, 0.05) is 16.8 Å². The highest BCUT2D eigenvalue weighted by Crippen LogP contribution is 2.31. The predicted octanol–water partition coefficient (Wildman–Crippen LogP) is 6.84. The lowest BCUT2D eigenvalue weighted by molar-refractivity contribution is 0.102. The number of amides is 1. The van der Waals surface area contributed by atoms with E-state index in [1.807, 2.05) is 36.4 Å². The molecule has 4 rings (SSSR count). The topological polar surface area (TPSA) is 64.4 Å². The number of methoxy groups -OCH3 is 1. The molecule has 4 aromatic rings. The molecule has 0 saturated heterocycles. The maximum atomic E-state index is 12.5. The molecule has 0 spiro atoms. The Morgan fingerprint density at radius 3 is 2.50 bits per heavy atom. The molecule has 0 aliphatic heterocycles. The predicted molar refractivity (Wildman–Crippen MR) is 125 cm³/mol. The summed E-state index contributed by atoms with van der Waals surface area (Å²) in [6.07, 6.45) is 0.926. The maximum absolute atomic E-state index is 12.5. The number of nitrogens with one attached hydrogen (secondary N) is 1. The van der Waals surface area contributed by atoms with Gasteiger partial charge in [0.25, 0.3) is 5.91 Å². The Kier molecular flexibility index (Phi) is 5.92. The van der Waals surface area contributed by atoms with Crippen LogP contribution in [0.15, 0.2) is 68.0 Å². The van der Waals surface area contributed by atoms with E-state index in [1.165, 1.54) is 5.56 Å². The molecule has 0 saturated carbocycles. The zero-order valence-corrected chi connectivity index (χ0v) is 19.5. The summed E-state index contributed by atoms with van der Waals surface area (Å²) in [6.45, 7) is 2.10. The third-order valence-electron chi connectivity index (χ3n) is 4.72. The number of nitrogens with zero attached hydrogens (tertiary/aromatic N) is 1. The van der Waals surface area contributed by atoms with Crippen LogP contribution in [0, 0.1) is 0 Å². The number of aromatic nitrogens is 1. The molecule has 0 fully saturated rings. The molecule has 1 N–H and O–H groups in total. The van der Waals surface area contributed by atoms with Crippen molar-refractivity contribution in [1.82, 2.24) is 4.98 Å². The normalized spacial score (nSPS) is 10.9. The molecule has 152 valence electrons. The van der Waals surface area contributed by atoms with Crippen molar-refractivity contribution in [3.63, 3.8) is 0 Å². The van der Waals surface area contributed by atoms with Gasteiger partial charge in [-0.25, -0.2) is 4.98 Å². The molecule has 0 aliphatic carbocycles. The summed E-state index contributed by atoms with van der Waals surface area (Å²) in [7, 11) is 1.58. The van der Waals surface area contributed by atoms with Gasteiger partial charge in [-0.3, -0.25) is 4.79 Å². The van der Waals surface area contributed by atoms with Crippen molar-refractivity contribution < 1.29 is 13.9 Å². The summed E-state index contributed by atoms with van der Waals surface area (Å²) in [5.41, 5.74) is 4.78. The fourth-order valence-electron chi connectivity index (χ4n) is 3.08. The first-order valence-corrected chi connectivity index (χ1v) is 10.9. The minimum absolute atomic E-state index is 0.205. The third kappa shape index (κ3) is 4.13. The molecule has 0 bridgehead atoms. The van der Waals surface area contributed by atoms with Crippen molar-refractivity contribution in [2.75, 3.05) is 12.4 Å². The quantitative estimate of drug-likeness (QED) is 0.307. The monoisotopic (exact) mass is 528 g/mol. The average molecular weight is 530 g/mol. The Bertz CT molecular complexity index is 1230. The zero-order chi connectivity index (χ0) is 21.3. The molecule has 5 nitrogen and oxygen atoms in total. The number of ether oxygens (including phenoxy) is 1. The Labute approximate surface area is 190 Å². The molecule has 0 unspecified atom stereocenters. The van der Waals surface area contributed by atoms with E-state index < -0.39 is 0 Å². The van der Waals surface area contributed by atoms with Gasteiger partial charge in [0.1, 0.15) is 11.3 Å². The second kappa shape index (κ2) is 8.62. The van der Waals surface area contributed by atoms with E-state index in [0.717, 1.165) is 32.0 Å². The van der Waals surface area contributed by atoms with E-state index in [-0.39, 0.29) is 5.91 Å². The number of carbonyl (C=O) groups is 1. The van der Waals surface area contributed by atoms with E-state index in [9.17, 15) is 4.79 Å². The Hall–Kier alpha value is -2.64. The summed E-state index contributed by atoms with van der Waals surface area (Å²) in [4.78, 5) is 17.1. The maximum Gasteiger partial charge on any atom is 0.255 e. The van der Waals surface area contributed by atoms with Crippen LogP contribution in [0.25, 0.3) is 22.6 Å². The van der Waals surface area contributed by atoms with Crippen molar-refractivity contribution in [2.24, 2.45) is 0 Å². The summed E-state index contributed by atoms with van der Waals surface area (Å²) in [5.74, 6) is 1.01. The van der Waals surface area contributed by atoms with Gasteiger partial charge >= 0.3 is 0 Å². The van der Waals surface area contributed by atoms with Crippen LogP contribution in [-0.4, -0.2) is 18.0 Å². The number of halogens is 2. The number of aryl methyl sites for hydroxylation is 1. The first-order chi connectivity index (χ1) is 14.5. The SMILES string of the molecule is CCc1cc(Br)c2oc(-c3ccc(NC(=O)c4ccc(OC)c(Br)c4)cc3)nc2c1. The Morgan fingerprint density at radius 2 is 1.83 bits per heavy atom.